The molecule has 0 spiro atoms. The Morgan fingerprint density at radius 1 is 1.12 bits per heavy atom. The molecule has 16 heavy (non-hydrogen) atoms. The van der Waals surface area contributed by atoms with Crippen molar-refractivity contribution in [1.29, 1.82) is 0 Å². The number of carbonyl (C=O) groups is 2. The number of benzene rings is 1. The number of hydrogen-bond acceptors (Lipinski definition) is 3. The molecule has 0 radical (unpaired) electrons. The number of rotatable bonds is 2. The van der Waals surface area contributed by atoms with Crippen LogP contribution in [0.2, 0.25) is 0 Å². The van der Waals surface area contributed by atoms with Crippen molar-refractivity contribution >= 4 is 17.8 Å². The Morgan fingerprint density at radius 3 is 2.50 bits per heavy atom. The average Bonchev–Trinajstić information content (AvgIpc) is 2.62. The first-order chi connectivity index (χ1) is 7.77. The number of cyclic esters (lactones) is 1. The first kappa shape index (κ1) is 10.4. The Labute approximate surface area is 93.0 Å². The molecule has 3 nitrogen and oxygen atoms in total. The number of allylic oxidation sites excluding steroid dienone is 2. The second-order valence-electron chi connectivity index (χ2n) is 3.35. The van der Waals surface area contributed by atoms with Crippen molar-refractivity contribution < 1.29 is 14.3 Å². The highest BCUT2D eigenvalue weighted by molar-refractivity contribution is 6.22. The number of carbonyl (C=O) groups excluding carboxylic acids is 2. The van der Waals surface area contributed by atoms with Crippen molar-refractivity contribution in [2.24, 2.45) is 0 Å². The van der Waals surface area contributed by atoms with E-state index in [-0.39, 0.29) is 18.0 Å². The van der Waals surface area contributed by atoms with Gasteiger partial charge in [-0.2, -0.15) is 0 Å². The predicted molar refractivity (Wildman–Crippen MR) is 59.5 cm³/mol. The maximum absolute atomic E-state index is 11.2. The summed E-state index contributed by atoms with van der Waals surface area (Å²) in [5.74, 6) is -0.801. The highest BCUT2D eigenvalue weighted by Gasteiger charge is 2.26. The van der Waals surface area contributed by atoms with Crippen molar-refractivity contribution in [3.8, 4) is 0 Å². The summed E-state index contributed by atoms with van der Waals surface area (Å²) >= 11 is 0. The van der Waals surface area contributed by atoms with Crippen LogP contribution >= 0.6 is 0 Å². The van der Waals surface area contributed by atoms with Gasteiger partial charge in [0.15, 0.2) is 6.61 Å². The van der Waals surface area contributed by atoms with E-state index in [2.05, 4.69) is 4.74 Å². The Hall–Kier alpha value is -2.16. The van der Waals surface area contributed by atoms with Crippen LogP contribution in [0.3, 0.4) is 0 Å². The Balaban J connectivity index is 2.12. The van der Waals surface area contributed by atoms with Gasteiger partial charge in [-0.15, -0.1) is 0 Å². The molecule has 1 aliphatic rings. The van der Waals surface area contributed by atoms with Crippen LogP contribution in [0.5, 0.6) is 0 Å². The molecule has 0 aliphatic carbocycles. The van der Waals surface area contributed by atoms with Gasteiger partial charge in [0, 0.05) is 0 Å². The van der Waals surface area contributed by atoms with Crippen LogP contribution in [0, 0.1) is 0 Å². The van der Waals surface area contributed by atoms with Crippen LogP contribution in [-0.2, 0) is 14.3 Å². The van der Waals surface area contributed by atoms with Gasteiger partial charge in [0.1, 0.15) is 5.57 Å². The maximum atomic E-state index is 11.2. The van der Waals surface area contributed by atoms with E-state index in [0.29, 0.717) is 0 Å². The van der Waals surface area contributed by atoms with Gasteiger partial charge in [0.05, 0.1) is 0 Å². The van der Waals surface area contributed by atoms with Crippen LogP contribution < -0.4 is 0 Å². The summed E-state index contributed by atoms with van der Waals surface area (Å²) < 4.78 is 4.59. The molecule has 0 bridgehead atoms. The molecule has 0 saturated carbocycles. The van der Waals surface area contributed by atoms with E-state index < -0.39 is 5.97 Å². The molecule has 80 valence electrons. The Bertz CT molecular complexity index is 451. The Morgan fingerprint density at radius 2 is 1.88 bits per heavy atom. The highest BCUT2D eigenvalue weighted by atomic mass is 16.5. The molecule has 0 aromatic heterocycles. The van der Waals surface area contributed by atoms with E-state index in [1.165, 1.54) is 6.08 Å². The number of ether oxygens (including phenoxy) is 1. The summed E-state index contributed by atoms with van der Waals surface area (Å²) in [6.07, 6.45) is 4.99. The van der Waals surface area contributed by atoms with Crippen molar-refractivity contribution in [3.63, 3.8) is 0 Å². The summed E-state index contributed by atoms with van der Waals surface area (Å²) in [5.41, 5.74) is 1.13. The lowest BCUT2D eigenvalue weighted by Gasteiger charge is -1.89. The fraction of sp³-hybridized carbons (Fsp3) is 0.0769. The van der Waals surface area contributed by atoms with Gasteiger partial charge in [0.2, 0.25) is 5.78 Å². The molecule has 0 unspecified atom stereocenters. The molecule has 1 heterocycles. The molecular formula is C13H10O3. The minimum atomic E-state index is -0.539. The van der Waals surface area contributed by atoms with E-state index in [1.54, 1.807) is 6.08 Å². The van der Waals surface area contributed by atoms with Crippen LogP contribution in [0.25, 0.3) is 6.08 Å². The fourth-order valence-corrected chi connectivity index (χ4v) is 1.38. The maximum Gasteiger partial charge on any atom is 0.342 e. The van der Waals surface area contributed by atoms with E-state index in [9.17, 15) is 9.59 Å². The van der Waals surface area contributed by atoms with Crippen LogP contribution in [0.1, 0.15) is 5.56 Å². The largest absolute Gasteiger partial charge is 0.454 e. The lowest BCUT2D eigenvalue weighted by Crippen LogP contribution is -1.99. The predicted octanol–water partition coefficient (Wildman–Crippen LogP) is 1.75. The zero-order valence-corrected chi connectivity index (χ0v) is 8.55. The van der Waals surface area contributed by atoms with Gasteiger partial charge in [-0.05, 0) is 11.6 Å². The number of esters is 1. The smallest absolute Gasteiger partial charge is 0.342 e. The molecule has 1 saturated heterocycles. The molecule has 0 amide bonds. The van der Waals surface area contributed by atoms with Crippen molar-refractivity contribution in [1.82, 2.24) is 0 Å². The van der Waals surface area contributed by atoms with Gasteiger partial charge in [-0.25, -0.2) is 4.79 Å². The van der Waals surface area contributed by atoms with Crippen molar-refractivity contribution in [2.45, 2.75) is 0 Å². The molecule has 0 N–H and O–H groups in total. The van der Waals surface area contributed by atoms with E-state index in [0.717, 1.165) is 5.56 Å². The first-order valence-electron chi connectivity index (χ1n) is 4.91. The molecule has 1 aliphatic heterocycles. The van der Waals surface area contributed by atoms with Crippen LogP contribution in [0.15, 0.2) is 48.1 Å². The number of hydrogen-bond donors (Lipinski definition) is 0. The summed E-state index contributed by atoms with van der Waals surface area (Å²) in [4.78, 5) is 22.3. The third-order valence-electron chi connectivity index (χ3n) is 2.21. The topological polar surface area (TPSA) is 43.4 Å². The molecule has 3 heteroatoms. The number of Topliss-reactive ketones (excluding diaryl/α,β-unsaturated/α-hetero) is 1. The van der Waals surface area contributed by atoms with Crippen LogP contribution in [0.4, 0.5) is 0 Å². The van der Waals surface area contributed by atoms with Crippen molar-refractivity contribution in [2.75, 3.05) is 6.61 Å². The van der Waals surface area contributed by atoms with Crippen LogP contribution in [-0.4, -0.2) is 18.4 Å². The third kappa shape index (κ3) is 2.25. The summed E-state index contributed by atoms with van der Waals surface area (Å²) in [6.45, 7) is -0.135. The van der Waals surface area contributed by atoms with Gasteiger partial charge in [0.25, 0.3) is 0 Å². The summed E-state index contributed by atoms with van der Waals surface area (Å²) in [6, 6.07) is 9.63. The molecular weight excluding hydrogens is 204 g/mol. The minimum Gasteiger partial charge on any atom is -0.454 e. The lowest BCUT2D eigenvalue weighted by atomic mass is 10.1. The quantitative estimate of drug-likeness (QED) is 0.428. The zero-order valence-electron chi connectivity index (χ0n) is 8.55. The summed E-state index contributed by atoms with van der Waals surface area (Å²) in [7, 11) is 0. The van der Waals surface area contributed by atoms with Gasteiger partial charge in [-0.3, -0.25) is 4.79 Å². The van der Waals surface area contributed by atoms with Gasteiger partial charge in [-0.1, -0.05) is 42.5 Å². The third-order valence-corrected chi connectivity index (χ3v) is 2.21. The minimum absolute atomic E-state index is 0.118. The molecule has 1 fully saturated rings. The number of ketones is 1. The Kier molecular flexibility index (Phi) is 2.96. The van der Waals surface area contributed by atoms with Gasteiger partial charge >= 0.3 is 5.97 Å². The molecule has 1 aromatic rings. The van der Waals surface area contributed by atoms with E-state index in [4.69, 9.17) is 0 Å². The molecule has 0 atom stereocenters. The second-order valence-corrected chi connectivity index (χ2v) is 3.35. The lowest BCUT2D eigenvalue weighted by molar-refractivity contribution is -0.135. The normalized spacial score (nSPS) is 18.4. The molecule has 2 rings (SSSR count). The van der Waals surface area contributed by atoms with E-state index >= 15 is 0 Å². The molecule has 1 aromatic carbocycles. The van der Waals surface area contributed by atoms with Crippen molar-refractivity contribution in [3.05, 3.63) is 53.6 Å². The fourth-order valence-electron chi connectivity index (χ4n) is 1.38. The zero-order chi connectivity index (χ0) is 11.4. The average molecular weight is 214 g/mol. The SMILES string of the molecule is O=C1COC(=O)C1=CC=Cc1ccccc1. The second kappa shape index (κ2) is 4.57. The standard InChI is InChI=1S/C13H10O3/c14-12-9-16-13(15)11(12)8-4-7-10-5-2-1-3-6-10/h1-8H,9H2. The van der Waals surface area contributed by atoms with Gasteiger partial charge < -0.3 is 4.74 Å². The van der Waals surface area contributed by atoms with E-state index in [1.807, 2.05) is 36.4 Å². The monoisotopic (exact) mass is 214 g/mol. The first-order valence-corrected chi connectivity index (χ1v) is 4.91. The highest BCUT2D eigenvalue weighted by Crippen LogP contribution is 2.10. The summed E-state index contributed by atoms with van der Waals surface area (Å²) in [5, 5.41) is 0.